The Balaban J connectivity index is 3.33. The van der Waals surface area contributed by atoms with Crippen molar-refractivity contribution >= 4 is 11.6 Å². The van der Waals surface area contributed by atoms with Gasteiger partial charge >= 0.3 is 0 Å². The summed E-state index contributed by atoms with van der Waals surface area (Å²) in [7, 11) is 0. The van der Waals surface area contributed by atoms with Crippen LogP contribution in [0.15, 0.2) is 6.07 Å². The number of aliphatic hydroxyl groups excluding tert-OH is 1. The number of phenolic OH excluding ortho intramolecular Hbond substituents is 1. The topological polar surface area (TPSA) is 66.5 Å². The fraction of sp³-hybridized carbons (Fsp3) is 0.400. The Kier molecular flexibility index (Phi) is 3.37. The monoisotopic (exact) mass is 215 g/mol. The molecule has 0 aliphatic carbocycles. The van der Waals surface area contributed by atoms with E-state index in [9.17, 15) is 5.11 Å². The highest BCUT2D eigenvalue weighted by Crippen LogP contribution is 2.34. The minimum atomic E-state index is -0.452. The molecule has 0 heterocycles. The number of phenols is 1. The van der Waals surface area contributed by atoms with Gasteiger partial charge in [0.15, 0.2) is 0 Å². The van der Waals surface area contributed by atoms with Crippen LogP contribution in [0.25, 0.3) is 0 Å². The van der Waals surface area contributed by atoms with Crippen LogP contribution in [-0.4, -0.2) is 16.8 Å². The predicted octanol–water partition coefficient (Wildman–Crippen LogP) is 1.65. The summed E-state index contributed by atoms with van der Waals surface area (Å²) in [6.07, 6.45) is 0. The van der Waals surface area contributed by atoms with Crippen LogP contribution in [0.4, 0.5) is 0 Å². The molecule has 0 bridgehead atoms. The van der Waals surface area contributed by atoms with Crippen LogP contribution < -0.4 is 5.73 Å². The van der Waals surface area contributed by atoms with Crippen molar-refractivity contribution < 1.29 is 10.2 Å². The van der Waals surface area contributed by atoms with Gasteiger partial charge in [-0.05, 0) is 30.5 Å². The molecule has 0 radical (unpaired) electrons. The van der Waals surface area contributed by atoms with E-state index in [-0.39, 0.29) is 12.4 Å². The highest BCUT2D eigenvalue weighted by atomic mass is 35.5. The lowest BCUT2D eigenvalue weighted by Crippen LogP contribution is -2.16. The number of nitrogens with two attached hydrogens (primary N) is 1. The van der Waals surface area contributed by atoms with Gasteiger partial charge in [-0.25, -0.2) is 0 Å². The van der Waals surface area contributed by atoms with Crippen LogP contribution in [0, 0.1) is 13.8 Å². The van der Waals surface area contributed by atoms with E-state index in [4.69, 9.17) is 22.4 Å². The number of hydrogen-bond acceptors (Lipinski definition) is 3. The number of halogens is 1. The Morgan fingerprint density at radius 1 is 1.50 bits per heavy atom. The minimum absolute atomic E-state index is 0.0815. The Morgan fingerprint density at radius 2 is 2.07 bits per heavy atom. The molecule has 3 nitrogen and oxygen atoms in total. The molecular weight excluding hydrogens is 202 g/mol. The van der Waals surface area contributed by atoms with E-state index in [0.29, 0.717) is 10.6 Å². The molecule has 0 aliphatic rings. The van der Waals surface area contributed by atoms with Gasteiger partial charge in [0, 0.05) is 0 Å². The van der Waals surface area contributed by atoms with E-state index < -0.39 is 6.04 Å². The second kappa shape index (κ2) is 4.17. The first-order valence-corrected chi connectivity index (χ1v) is 4.71. The van der Waals surface area contributed by atoms with Crippen molar-refractivity contribution in [2.45, 2.75) is 19.9 Å². The van der Waals surface area contributed by atoms with Gasteiger partial charge in [-0.3, -0.25) is 0 Å². The van der Waals surface area contributed by atoms with Crippen LogP contribution in [0.2, 0.25) is 5.02 Å². The van der Waals surface area contributed by atoms with Crippen molar-refractivity contribution in [2.24, 2.45) is 5.73 Å². The van der Waals surface area contributed by atoms with Crippen molar-refractivity contribution in [3.63, 3.8) is 0 Å². The first-order valence-electron chi connectivity index (χ1n) is 4.34. The molecule has 0 aromatic heterocycles. The van der Waals surface area contributed by atoms with E-state index in [2.05, 4.69) is 0 Å². The molecule has 0 aliphatic heterocycles. The Morgan fingerprint density at radius 3 is 2.57 bits per heavy atom. The van der Waals surface area contributed by atoms with Crippen LogP contribution >= 0.6 is 11.6 Å². The maximum Gasteiger partial charge on any atom is 0.137 e. The third-order valence-corrected chi connectivity index (χ3v) is 2.77. The first kappa shape index (κ1) is 11.3. The van der Waals surface area contributed by atoms with Crippen molar-refractivity contribution in [1.82, 2.24) is 0 Å². The lowest BCUT2D eigenvalue weighted by atomic mass is 9.99. The third kappa shape index (κ3) is 1.85. The number of hydrogen-bond donors (Lipinski definition) is 3. The van der Waals surface area contributed by atoms with Gasteiger partial charge in [-0.1, -0.05) is 17.7 Å². The first-order chi connectivity index (χ1) is 6.49. The van der Waals surface area contributed by atoms with Gasteiger partial charge < -0.3 is 15.9 Å². The van der Waals surface area contributed by atoms with Crippen molar-refractivity contribution in [3.05, 3.63) is 27.8 Å². The zero-order valence-corrected chi connectivity index (χ0v) is 8.97. The molecule has 1 unspecified atom stereocenters. The standard InChI is InChI=1S/C10H14ClNO2/c1-5-3-7(8(12)4-13)6(2)9(11)10(5)14/h3,8,13-14H,4,12H2,1-2H3. The van der Waals surface area contributed by atoms with E-state index in [1.54, 1.807) is 19.9 Å². The van der Waals surface area contributed by atoms with Gasteiger partial charge in [-0.2, -0.15) is 0 Å². The molecule has 14 heavy (non-hydrogen) atoms. The van der Waals surface area contributed by atoms with E-state index >= 15 is 0 Å². The number of rotatable bonds is 2. The van der Waals surface area contributed by atoms with Crippen LogP contribution in [0.3, 0.4) is 0 Å². The maximum absolute atomic E-state index is 9.53. The zero-order chi connectivity index (χ0) is 10.9. The summed E-state index contributed by atoms with van der Waals surface area (Å²) in [5.41, 5.74) is 7.85. The lowest BCUT2D eigenvalue weighted by Gasteiger charge is -2.15. The summed E-state index contributed by atoms with van der Waals surface area (Å²) in [5.74, 6) is 0.0815. The SMILES string of the molecule is Cc1cc(C(N)CO)c(C)c(Cl)c1O. The average molecular weight is 216 g/mol. The molecular formula is C10H14ClNO2. The number of aryl methyl sites for hydroxylation is 1. The third-order valence-electron chi connectivity index (χ3n) is 2.31. The number of benzene rings is 1. The van der Waals surface area contributed by atoms with Crippen molar-refractivity contribution in [3.8, 4) is 5.75 Å². The molecule has 0 saturated carbocycles. The predicted molar refractivity (Wildman–Crippen MR) is 56.6 cm³/mol. The molecule has 1 aromatic carbocycles. The number of aromatic hydroxyl groups is 1. The van der Waals surface area contributed by atoms with Gasteiger partial charge in [0.25, 0.3) is 0 Å². The van der Waals surface area contributed by atoms with Gasteiger partial charge in [0.2, 0.25) is 0 Å². The molecule has 1 aromatic rings. The van der Waals surface area contributed by atoms with Crippen LogP contribution in [-0.2, 0) is 0 Å². The van der Waals surface area contributed by atoms with Gasteiger partial charge in [0.05, 0.1) is 17.7 Å². The molecule has 1 atom stereocenters. The summed E-state index contributed by atoms with van der Waals surface area (Å²) >= 11 is 5.90. The molecule has 0 saturated heterocycles. The summed E-state index contributed by atoms with van der Waals surface area (Å²) in [6.45, 7) is 3.38. The average Bonchev–Trinajstić information content (AvgIpc) is 2.19. The normalized spacial score (nSPS) is 12.9. The Labute approximate surface area is 88.1 Å². The van der Waals surface area contributed by atoms with Gasteiger partial charge in [0.1, 0.15) is 5.75 Å². The zero-order valence-electron chi connectivity index (χ0n) is 8.21. The maximum atomic E-state index is 9.53. The van der Waals surface area contributed by atoms with Crippen LogP contribution in [0.5, 0.6) is 5.75 Å². The molecule has 1 rings (SSSR count). The van der Waals surface area contributed by atoms with Crippen LogP contribution in [0.1, 0.15) is 22.7 Å². The Bertz CT molecular complexity index is 352. The van der Waals surface area contributed by atoms with E-state index in [0.717, 1.165) is 11.1 Å². The fourth-order valence-electron chi connectivity index (χ4n) is 1.37. The quantitative estimate of drug-likeness (QED) is 0.703. The highest BCUT2D eigenvalue weighted by molar-refractivity contribution is 6.33. The molecule has 0 spiro atoms. The van der Waals surface area contributed by atoms with Crippen molar-refractivity contribution in [1.29, 1.82) is 0 Å². The molecule has 0 amide bonds. The molecule has 4 heteroatoms. The molecule has 0 fully saturated rings. The summed E-state index contributed by atoms with van der Waals surface area (Å²) < 4.78 is 0. The van der Waals surface area contributed by atoms with Gasteiger partial charge in [-0.15, -0.1) is 0 Å². The largest absolute Gasteiger partial charge is 0.506 e. The smallest absolute Gasteiger partial charge is 0.137 e. The molecule has 78 valence electrons. The highest BCUT2D eigenvalue weighted by Gasteiger charge is 2.14. The minimum Gasteiger partial charge on any atom is -0.506 e. The second-order valence-corrected chi connectivity index (χ2v) is 3.74. The lowest BCUT2D eigenvalue weighted by molar-refractivity contribution is 0.267. The summed E-state index contributed by atoms with van der Waals surface area (Å²) in [6, 6.07) is 1.30. The van der Waals surface area contributed by atoms with Crippen molar-refractivity contribution in [2.75, 3.05) is 6.61 Å². The Hall–Kier alpha value is -0.770. The number of aliphatic hydroxyl groups is 1. The molecule has 4 N–H and O–H groups in total. The second-order valence-electron chi connectivity index (χ2n) is 3.36. The summed E-state index contributed by atoms with van der Waals surface area (Å²) in [4.78, 5) is 0. The fourth-order valence-corrected chi connectivity index (χ4v) is 1.63. The van der Waals surface area contributed by atoms with E-state index in [1.807, 2.05) is 0 Å². The summed E-state index contributed by atoms with van der Waals surface area (Å²) in [5, 5.41) is 18.8. The van der Waals surface area contributed by atoms with E-state index in [1.165, 1.54) is 0 Å².